The molecule has 7 aromatic carbocycles. The fraction of sp³-hybridized carbons (Fsp3) is 0.190. The van der Waals surface area contributed by atoms with Crippen LogP contribution in [0.15, 0.2) is 158 Å². The van der Waals surface area contributed by atoms with Crippen molar-refractivity contribution in [2.75, 3.05) is 50.2 Å². The van der Waals surface area contributed by atoms with Crippen molar-refractivity contribution in [3.63, 3.8) is 0 Å². The minimum absolute atomic E-state index is 0.00752. The number of hydrogen-bond acceptors (Lipinski definition) is 8. The summed E-state index contributed by atoms with van der Waals surface area (Å²) in [5.74, 6) is 3.26. The molecule has 0 saturated heterocycles. The summed E-state index contributed by atoms with van der Waals surface area (Å²) < 4.78 is 29.9. The van der Waals surface area contributed by atoms with E-state index in [4.69, 9.17) is 70.1 Å². The number of rotatable bonds is 18. The average Bonchev–Trinajstić information content (AvgIpc) is 3.69. The van der Waals surface area contributed by atoms with Crippen LogP contribution in [0.4, 0.5) is 11.4 Å². The smallest absolute Gasteiger partial charge is 0.341 e. The van der Waals surface area contributed by atoms with Crippen molar-refractivity contribution < 1.29 is 28.5 Å². The van der Waals surface area contributed by atoms with E-state index in [9.17, 15) is 4.79 Å². The monoisotopic (exact) mass is 1010 g/mol. The van der Waals surface area contributed by atoms with E-state index in [-0.39, 0.29) is 31.2 Å². The van der Waals surface area contributed by atoms with Crippen molar-refractivity contribution >= 4 is 74.9 Å². The minimum atomic E-state index is -1.72. The fourth-order valence-electron chi connectivity index (χ4n) is 8.63. The van der Waals surface area contributed by atoms with Gasteiger partial charge in [0.05, 0.1) is 39.9 Å². The number of halogens is 4. The van der Waals surface area contributed by atoms with Crippen molar-refractivity contribution in [2.45, 2.75) is 33.3 Å². The molecule has 0 spiro atoms. The van der Waals surface area contributed by atoms with Crippen LogP contribution >= 0.6 is 46.4 Å². The number of nitrogens with zero attached hydrogens (tertiary/aromatic N) is 2. The van der Waals surface area contributed by atoms with Gasteiger partial charge in [-0.3, -0.25) is 0 Å². The van der Waals surface area contributed by atoms with Gasteiger partial charge >= 0.3 is 5.97 Å². The van der Waals surface area contributed by atoms with Crippen LogP contribution in [0.25, 0.3) is 11.1 Å². The third-order valence-electron chi connectivity index (χ3n) is 12.4. The highest BCUT2D eigenvalue weighted by Crippen LogP contribution is 2.54. The quantitative estimate of drug-likeness (QED) is 0.0478. The summed E-state index contributed by atoms with van der Waals surface area (Å²) in [4.78, 5) is 19.1. The molecule has 0 aliphatic carbocycles. The first kappa shape index (κ1) is 49.9. The molecule has 0 aromatic heterocycles. The van der Waals surface area contributed by atoms with Gasteiger partial charge in [0.15, 0.2) is 5.60 Å². The molecule has 0 radical (unpaired) electrons. The molecular formula is C58H52Cl4N2O6. The molecule has 1 heterocycles. The Morgan fingerprint density at radius 1 is 0.457 bits per heavy atom. The molecule has 0 amide bonds. The molecular weight excluding hydrogens is 962 g/mol. The zero-order chi connectivity index (χ0) is 49.5. The van der Waals surface area contributed by atoms with Gasteiger partial charge in [-0.2, -0.15) is 0 Å². The van der Waals surface area contributed by atoms with Gasteiger partial charge < -0.3 is 33.5 Å². The number of ether oxygens (including phenoxy) is 5. The summed E-state index contributed by atoms with van der Waals surface area (Å²) in [5, 5.41) is -0.0857. The summed E-state index contributed by atoms with van der Waals surface area (Å²) in [6, 6.07) is 46.8. The molecule has 0 fully saturated rings. The summed E-state index contributed by atoms with van der Waals surface area (Å²) in [6.07, 6.45) is 3.83. The first-order valence-corrected chi connectivity index (χ1v) is 24.5. The zero-order valence-corrected chi connectivity index (χ0v) is 42.7. The van der Waals surface area contributed by atoms with E-state index in [0.29, 0.717) is 23.0 Å². The minimum Gasteiger partial charge on any atom is -0.497 e. The predicted octanol–water partition coefficient (Wildman–Crippen LogP) is 16.2. The highest BCUT2D eigenvalue weighted by atomic mass is 35.5. The summed E-state index contributed by atoms with van der Waals surface area (Å²) in [7, 11) is 3.25. The van der Waals surface area contributed by atoms with Gasteiger partial charge in [0, 0.05) is 43.1 Å². The van der Waals surface area contributed by atoms with E-state index >= 15 is 0 Å². The first-order chi connectivity index (χ1) is 33.9. The zero-order valence-electron chi connectivity index (χ0n) is 39.7. The molecule has 70 heavy (non-hydrogen) atoms. The van der Waals surface area contributed by atoms with Crippen LogP contribution in [0.3, 0.4) is 0 Å². The predicted molar refractivity (Wildman–Crippen MR) is 287 cm³/mol. The third kappa shape index (κ3) is 10.5. The number of carbonyl (C=O) groups is 1. The first-order valence-electron chi connectivity index (χ1n) is 23.0. The largest absolute Gasteiger partial charge is 0.497 e. The van der Waals surface area contributed by atoms with E-state index in [1.807, 2.05) is 109 Å². The molecule has 7 aromatic rings. The second-order valence-electron chi connectivity index (χ2n) is 16.3. The van der Waals surface area contributed by atoms with Gasteiger partial charge in [0.25, 0.3) is 0 Å². The SMILES string of the molecule is CCN(CC)c1ccc(C(=CC2(C=C(c3ccc(Oc4ccc(OC)cc4)cc3)c3ccc(N(CC)CC)cc3)OC(=O)c3c(Cl)c(Cl)c(Cl)c(Cl)c32)c2ccc(Oc3ccc(OC)cc3)cc2)cc1. The van der Waals surface area contributed by atoms with E-state index in [1.165, 1.54) is 0 Å². The number of anilines is 2. The fourth-order valence-corrected chi connectivity index (χ4v) is 9.71. The average molecular weight is 1010 g/mol. The molecule has 0 atom stereocenters. The molecule has 1 aliphatic heterocycles. The molecule has 0 saturated carbocycles. The molecule has 8 rings (SSSR count). The number of esters is 1. The van der Waals surface area contributed by atoms with E-state index in [0.717, 1.165) is 82.5 Å². The lowest BCUT2D eigenvalue weighted by Crippen LogP contribution is -2.23. The van der Waals surface area contributed by atoms with Gasteiger partial charge in [-0.25, -0.2) is 4.79 Å². The molecule has 358 valence electrons. The maximum Gasteiger partial charge on any atom is 0.341 e. The third-order valence-corrected chi connectivity index (χ3v) is 14.2. The highest BCUT2D eigenvalue weighted by Gasteiger charge is 2.48. The lowest BCUT2D eigenvalue weighted by atomic mass is 9.83. The lowest BCUT2D eigenvalue weighted by molar-refractivity contribution is 0.0300. The van der Waals surface area contributed by atoms with E-state index < -0.39 is 11.6 Å². The summed E-state index contributed by atoms with van der Waals surface area (Å²) >= 11 is 27.9. The van der Waals surface area contributed by atoms with Crippen LogP contribution in [0.5, 0.6) is 34.5 Å². The van der Waals surface area contributed by atoms with Crippen molar-refractivity contribution in [2.24, 2.45) is 0 Å². The van der Waals surface area contributed by atoms with Crippen LogP contribution in [0.1, 0.15) is 65.9 Å². The standard InChI is InChI=1S/C58H52Cl4N2O6/c1-7-63(8-2)41-19-11-37(12-20-41)49(39-15-23-45(24-16-39)68-47-31-27-43(66-5)28-32-47)35-58(52-51(57(65)70-58)53(59)55(61)56(62)54(52)60)36-50(38-13-21-42(22-14-38)64(9-3)10-4)40-17-25-46(26-18-40)69-48-33-29-44(67-6)30-34-48/h11-36H,7-10H2,1-6H3. The Kier molecular flexibility index (Phi) is 15.7. The topological polar surface area (TPSA) is 69.7 Å². The van der Waals surface area contributed by atoms with Gasteiger partial charge in [0.1, 0.15) is 34.5 Å². The second kappa shape index (κ2) is 22.0. The maximum atomic E-state index is 14.5. The van der Waals surface area contributed by atoms with Gasteiger partial charge in [0.2, 0.25) is 0 Å². The van der Waals surface area contributed by atoms with Crippen LogP contribution in [-0.2, 0) is 10.3 Å². The Bertz CT molecular complexity index is 2840. The normalized spacial score (nSPS) is 14.5. The highest BCUT2D eigenvalue weighted by molar-refractivity contribution is 6.53. The summed E-state index contributed by atoms with van der Waals surface area (Å²) in [5.41, 5.74) is 5.38. The summed E-state index contributed by atoms with van der Waals surface area (Å²) in [6.45, 7) is 11.9. The Balaban J connectivity index is 1.36. The molecule has 0 bridgehead atoms. The van der Waals surface area contributed by atoms with Crippen molar-refractivity contribution in [3.8, 4) is 34.5 Å². The van der Waals surface area contributed by atoms with Crippen LogP contribution in [0.2, 0.25) is 20.1 Å². The maximum absolute atomic E-state index is 14.5. The Morgan fingerprint density at radius 3 is 1.09 bits per heavy atom. The number of fused-ring (bicyclic) bond motifs is 1. The Morgan fingerprint density at radius 2 is 0.757 bits per heavy atom. The number of cyclic esters (lactones) is 1. The van der Waals surface area contributed by atoms with Gasteiger partial charge in [-0.15, -0.1) is 0 Å². The number of carbonyl (C=O) groups excluding carboxylic acids is 1. The van der Waals surface area contributed by atoms with Crippen molar-refractivity contribution in [1.82, 2.24) is 0 Å². The van der Waals surface area contributed by atoms with Crippen LogP contribution in [0, 0.1) is 0 Å². The van der Waals surface area contributed by atoms with Gasteiger partial charge in [-0.05, 0) is 170 Å². The number of benzene rings is 7. The molecule has 1 aliphatic rings. The molecule has 0 unspecified atom stereocenters. The molecule has 8 nitrogen and oxygen atoms in total. The second-order valence-corrected chi connectivity index (χ2v) is 17.9. The Labute approximate surface area is 430 Å². The van der Waals surface area contributed by atoms with Gasteiger partial charge in [-0.1, -0.05) is 94.9 Å². The van der Waals surface area contributed by atoms with Crippen LogP contribution in [-0.4, -0.2) is 46.4 Å². The lowest BCUT2D eigenvalue weighted by Gasteiger charge is -2.28. The number of hydrogen-bond donors (Lipinski definition) is 0. The van der Waals surface area contributed by atoms with Crippen LogP contribution < -0.4 is 28.7 Å². The van der Waals surface area contributed by atoms with E-state index in [2.05, 4.69) is 86.0 Å². The van der Waals surface area contributed by atoms with E-state index in [1.54, 1.807) is 14.2 Å². The van der Waals surface area contributed by atoms with Crippen molar-refractivity contribution in [3.05, 3.63) is 211 Å². The Hall–Kier alpha value is -6.55. The number of methoxy groups -OCH3 is 2. The molecule has 0 N–H and O–H groups in total. The van der Waals surface area contributed by atoms with Crippen molar-refractivity contribution in [1.29, 1.82) is 0 Å². The molecule has 12 heteroatoms.